The maximum absolute atomic E-state index is 9.83. The highest BCUT2D eigenvalue weighted by Crippen LogP contribution is 2.27. The molecule has 3 nitrogen and oxygen atoms in total. The second-order valence-corrected chi connectivity index (χ2v) is 4.21. The molecule has 1 fully saturated rings. The zero-order valence-corrected chi connectivity index (χ0v) is 9.65. The van der Waals surface area contributed by atoms with Crippen molar-refractivity contribution in [3.8, 4) is 5.75 Å². The van der Waals surface area contributed by atoms with E-state index in [0.717, 1.165) is 17.9 Å². The van der Waals surface area contributed by atoms with Crippen molar-refractivity contribution in [1.82, 2.24) is 5.32 Å². The van der Waals surface area contributed by atoms with Crippen molar-refractivity contribution in [2.45, 2.75) is 32.0 Å². The minimum absolute atomic E-state index is 0.428. The minimum Gasteiger partial charge on any atom is -0.490 e. The highest BCUT2D eigenvalue weighted by Gasteiger charge is 2.23. The van der Waals surface area contributed by atoms with Gasteiger partial charge in [0, 0.05) is 6.54 Å². The summed E-state index contributed by atoms with van der Waals surface area (Å²) in [6, 6.07) is 7.73. The van der Waals surface area contributed by atoms with Gasteiger partial charge >= 0.3 is 0 Å². The molecule has 1 aliphatic carbocycles. The Balaban J connectivity index is 1.89. The lowest BCUT2D eigenvalue weighted by molar-refractivity contribution is 0.175. The lowest BCUT2D eigenvalue weighted by Crippen LogP contribution is -2.20. The van der Waals surface area contributed by atoms with Gasteiger partial charge in [-0.2, -0.15) is 0 Å². The molecular formula is C13H19NO2. The Labute approximate surface area is 96.4 Å². The van der Waals surface area contributed by atoms with Crippen LogP contribution in [0.5, 0.6) is 5.75 Å². The van der Waals surface area contributed by atoms with E-state index in [1.54, 1.807) is 0 Å². The van der Waals surface area contributed by atoms with Crippen LogP contribution >= 0.6 is 0 Å². The topological polar surface area (TPSA) is 41.5 Å². The monoisotopic (exact) mass is 221 g/mol. The van der Waals surface area contributed by atoms with Crippen LogP contribution in [0.4, 0.5) is 0 Å². The minimum atomic E-state index is -0.435. The molecule has 2 rings (SSSR count). The van der Waals surface area contributed by atoms with E-state index in [9.17, 15) is 5.11 Å². The standard InChI is InChI=1S/C13H19NO2/c1-2-14-9-13(15)10-3-5-11(6-4-10)16-12-7-8-12/h3-6,12-15H,2,7-9H2,1H3. The van der Waals surface area contributed by atoms with E-state index in [-0.39, 0.29) is 0 Å². The van der Waals surface area contributed by atoms with E-state index in [4.69, 9.17) is 4.74 Å². The van der Waals surface area contributed by atoms with Crippen LogP contribution in [0.2, 0.25) is 0 Å². The molecule has 1 atom stereocenters. The Hall–Kier alpha value is -1.06. The number of aliphatic hydroxyl groups is 1. The number of aliphatic hydroxyl groups excluding tert-OH is 1. The fourth-order valence-electron chi connectivity index (χ4n) is 1.55. The molecule has 0 bridgehead atoms. The Morgan fingerprint density at radius 2 is 2.06 bits per heavy atom. The molecule has 88 valence electrons. The third-order valence-electron chi connectivity index (χ3n) is 2.68. The maximum atomic E-state index is 9.83. The lowest BCUT2D eigenvalue weighted by atomic mass is 10.1. The van der Waals surface area contributed by atoms with Crippen molar-refractivity contribution in [2.24, 2.45) is 0 Å². The molecule has 0 spiro atoms. The Bertz CT molecular complexity index is 319. The van der Waals surface area contributed by atoms with Crippen LogP contribution < -0.4 is 10.1 Å². The first-order valence-electron chi connectivity index (χ1n) is 5.95. The van der Waals surface area contributed by atoms with Gasteiger partial charge in [0.1, 0.15) is 5.75 Å². The number of rotatable bonds is 6. The van der Waals surface area contributed by atoms with Gasteiger partial charge in [0.15, 0.2) is 0 Å². The normalized spacial score (nSPS) is 17.1. The summed E-state index contributed by atoms with van der Waals surface area (Å²) in [5, 5.41) is 13.0. The molecule has 1 aromatic carbocycles. The average Bonchev–Trinajstić information content (AvgIpc) is 3.11. The van der Waals surface area contributed by atoms with E-state index >= 15 is 0 Å². The van der Waals surface area contributed by atoms with Crippen molar-refractivity contribution in [2.75, 3.05) is 13.1 Å². The molecule has 0 amide bonds. The predicted octanol–water partition coefficient (Wildman–Crippen LogP) is 1.87. The SMILES string of the molecule is CCNCC(O)c1ccc(OC2CC2)cc1. The van der Waals surface area contributed by atoms with E-state index < -0.39 is 6.10 Å². The van der Waals surface area contributed by atoms with Crippen LogP contribution in [0.25, 0.3) is 0 Å². The van der Waals surface area contributed by atoms with Gasteiger partial charge in [0.05, 0.1) is 12.2 Å². The van der Waals surface area contributed by atoms with Gasteiger partial charge in [-0.05, 0) is 37.1 Å². The lowest BCUT2D eigenvalue weighted by Gasteiger charge is -2.12. The number of likely N-dealkylation sites (N-methyl/N-ethyl adjacent to an activating group) is 1. The summed E-state index contributed by atoms with van der Waals surface area (Å²) >= 11 is 0. The molecule has 16 heavy (non-hydrogen) atoms. The highest BCUT2D eigenvalue weighted by molar-refractivity contribution is 5.29. The Morgan fingerprint density at radius 1 is 1.38 bits per heavy atom. The smallest absolute Gasteiger partial charge is 0.119 e. The van der Waals surface area contributed by atoms with Gasteiger partial charge in [-0.15, -0.1) is 0 Å². The molecule has 1 unspecified atom stereocenters. The molecule has 0 aliphatic heterocycles. The van der Waals surface area contributed by atoms with Crippen LogP contribution in [-0.4, -0.2) is 24.3 Å². The van der Waals surface area contributed by atoms with Gasteiger partial charge in [0.25, 0.3) is 0 Å². The summed E-state index contributed by atoms with van der Waals surface area (Å²) in [6.45, 7) is 3.50. The zero-order valence-electron chi connectivity index (χ0n) is 9.65. The van der Waals surface area contributed by atoms with Crippen molar-refractivity contribution >= 4 is 0 Å². The number of hydrogen-bond acceptors (Lipinski definition) is 3. The van der Waals surface area contributed by atoms with Crippen molar-refractivity contribution < 1.29 is 9.84 Å². The van der Waals surface area contributed by atoms with Gasteiger partial charge in [-0.3, -0.25) is 0 Å². The number of ether oxygens (including phenoxy) is 1. The Morgan fingerprint density at radius 3 is 2.62 bits per heavy atom. The van der Waals surface area contributed by atoms with E-state index in [0.29, 0.717) is 12.6 Å². The first-order valence-corrected chi connectivity index (χ1v) is 5.95. The van der Waals surface area contributed by atoms with Gasteiger partial charge in [-0.1, -0.05) is 19.1 Å². The van der Waals surface area contributed by atoms with Crippen LogP contribution in [0.1, 0.15) is 31.4 Å². The average molecular weight is 221 g/mol. The summed E-state index contributed by atoms with van der Waals surface area (Å²) < 4.78 is 5.64. The van der Waals surface area contributed by atoms with Gasteiger partial charge in [0.2, 0.25) is 0 Å². The van der Waals surface area contributed by atoms with Crippen LogP contribution in [0.15, 0.2) is 24.3 Å². The molecule has 0 aromatic heterocycles. The quantitative estimate of drug-likeness (QED) is 0.770. The van der Waals surface area contributed by atoms with Crippen molar-refractivity contribution in [3.05, 3.63) is 29.8 Å². The molecule has 2 N–H and O–H groups in total. The largest absolute Gasteiger partial charge is 0.490 e. The summed E-state index contributed by atoms with van der Waals surface area (Å²) in [6.07, 6.45) is 2.34. The molecule has 1 aromatic rings. The highest BCUT2D eigenvalue weighted by atomic mass is 16.5. The molecule has 0 heterocycles. The van der Waals surface area contributed by atoms with Crippen LogP contribution in [0, 0.1) is 0 Å². The third-order valence-corrected chi connectivity index (χ3v) is 2.68. The summed E-state index contributed by atoms with van der Waals surface area (Å²) in [7, 11) is 0. The van der Waals surface area contributed by atoms with Gasteiger partial charge < -0.3 is 15.2 Å². The number of nitrogens with one attached hydrogen (secondary N) is 1. The maximum Gasteiger partial charge on any atom is 0.119 e. The number of benzene rings is 1. The third kappa shape index (κ3) is 3.22. The molecule has 3 heteroatoms. The van der Waals surface area contributed by atoms with Gasteiger partial charge in [-0.25, -0.2) is 0 Å². The zero-order chi connectivity index (χ0) is 11.4. The molecule has 1 aliphatic rings. The molecule has 0 radical (unpaired) electrons. The van der Waals surface area contributed by atoms with Crippen molar-refractivity contribution in [3.63, 3.8) is 0 Å². The van der Waals surface area contributed by atoms with Crippen LogP contribution in [-0.2, 0) is 0 Å². The summed E-state index contributed by atoms with van der Waals surface area (Å²) in [5.74, 6) is 0.905. The Kier molecular flexibility index (Phi) is 3.80. The summed E-state index contributed by atoms with van der Waals surface area (Å²) in [4.78, 5) is 0. The van der Waals surface area contributed by atoms with Crippen LogP contribution in [0.3, 0.4) is 0 Å². The fourth-order valence-corrected chi connectivity index (χ4v) is 1.55. The predicted molar refractivity (Wildman–Crippen MR) is 63.6 cm³/mol. The fraction of sp³-hybridized carbons (Fsp3) is 0.538. The first kappa shape index (κ1) is 11.4. The van der Waals surface area contributed by atoms with E-state index in [1.165, 1.54) is 12.8 Å². The first-order chi connectivity index (χ1) is 7.79. The van der Waals surface area contributed by atoms with Crippen molar-refractivity contribution in [1.29, 1.82) is 0 Å². The van der Waals surface area contributed by atoms with E-state index in [1.807, 2.05) is 31.2 Å². The number of hydrogen-bond donors (Lipinski definition) is 2. The molecular weight excluding hydrogens is 202 g/mol. The van der Waals surface area contributed by atoms with E-state index in [2.05, 4.69) is 5.32 Å². The summed E-state index contributed by atoms with van der Waals surface area (Å²) in [5.41, 5.74) is 0.934. The molecule has 0 saturated heterocycles. The second kappa shape index (κ2) is 5.32. The molecule has 1 saturated carbocycles. The second-order valence-electron chi connectivity index (χ2n) is 4.21.